The molecule has 1 saturated heterocycles. The fourth-order valence-electron chi connectivity index (χ4n) is 3.87. The number of piperidine rings is 1. The number of hydrogen-bond donors (Lipinski definition) is 0. The van der Waals surface area contributed by atoms with E-state index in [0.29, 0.717) is 31.6 Å². The molecule has 0 radical (unpaired) electrons. The monoisotopic (exact) mass is 465 g/mol. The van der Waals surface area contributed by atoms with Crippen molar-refractivity contribution in [1.82, 2.24) is 14.4 Å². The lowest BCUT2D eigenvalue weighted by Gasteiger charge is -2.34. The molecule has 3 rings (SSSR count). The van der Waals surface area contributed by atoms with Crippen molar-refractivity contribution < 1.29 is 17.7 Å². The summed E-state index contributed by atoms with van der Waals surface area (Å²) in [6.45, 7) is 7.65. The van der Waals surface area contributed by atoms with Gasteiger partial charge >= 0.3 is 0 Å². The first-order chi connectivity index (χ1) is 14.9. The van der Waals surface area contributed by atoms with Gasteiger partial charge in [-0.15, -0.1) is 11.3 Å². The fraction of sp³-hybridized carbons (Fsp3) is 0.545. The van der Waals surface area contributed by atoms with Crippen LogP contribution in [0.1, 0.15) is 55.9 Å². The van der Waals surface area contributed by atoms with Gasteiger partial charge in [-0.1, -0.05) is 24.6 Å². The summed E-state index contributed by atoms with van der Waals surface area (Å²) in [6, 6.07) is 3.87. The lowest BCUT2D eigenvalue weighted by Crippen LogP contribution is -2.47. The summed E-state index contributed by atoms with van der Waals surface area (Å²) in [7, 11) is -3.83. The Kier molecular flexibility index (Phi) is 8.07. The molecule has 0 bridgehead atoms. The van der Waals surface area contributed by atoms with E-state index >= 15 is 0 Å². The van der Waals surface area contributed by atoms with Crippen LogP contribution in [0, 0.1) is 12.8 Å². The lowest BCUT2D eigenvalue weighted by molar-refractivity contribution is -0.136. The van der Waals surface area contributed by atoms with E-state index in [1.165, 1.54) is 4.31 Å². The third kappa shape index (κ3) is 5.45. The highest BCUT2D eigenvalue weighted by molar-refractivity contribution is 7.89. The van der Waals surface area contributed by atoms with Gasteiger partial charge in [-0.2, -0.15) is 4.31 Å². The van der Waals surface area contributed by atoms with Crippen molar-refractivity contribution >= 4 is 39.4 Å². The van der Waals surface area contributed by atoms with Crippen molar-refractivity contribution in [3.63, 3.8) is 0 Å². The molecule has 0 spiro atoms. The quantitative estimate of drug-likeness (QED) is 0.552. The van der Waals surface area contributed by atoms with Crippen LogP contribution in [0.25, 0.3) is 12.2 Å². The Morgan fingerprint density at radius 3 is 2.87 bits per heavy atom. The average molecular weight is 466 g/mol. The molecule has 0 aliphatic carbocycles. The summed E-state index contributed by atoms with van der Waals surface area (Å²) in [4.78, 5) is 16.0. The van der Waals surface area contributed by atoms with Crippen LogP contribution >= 0.6 is 11.3 Å². The molecule has 1 aliphatic heterocycles. The Hall–Kier alpha value is -1.97. The van der Waals surface area contributed by atoms with Gasteiger partial charge in [0.05, 0.1) is 5.92 Å². The van der Waals surface area contributed by atoms with E-state index in [0.717, 1.165) is 24.3 Å². The second-order valence-corrected chi connectivity index (χ2v) is 10.6. The molecule has 1 fully saturated rings. The van der Waals surface area contributed by atoms with Crippen LogP contribution in [-0.4, -0.2) is 54.9 Å². The number of thiophene rings is 1. The third-order valence-corrected chi connectivity index (χ3v) is 8.44. The fourth-order valence-corrected chi connectivity index (χ4v) is 6.26. The second-order valence-electron chi connectivity index (χ2n) is 7.78. The number of carbonyl (C=O) groups is 1. The SMILES string of the molecule is CCCCN(CC)C(=O)[C@H]1CCCN(S(=O)(=O)c2c(C)noc2/C=C/c2cccs2)C1. The van der Waals surface area contributed by atoms with Crippen molar-refractivity contribution in [2.75, 3.05) is 26.2 Å². The van der Waals surface area contributed by atoms with Crippen molar-refractivity contribution in [3.05, 3.63) is 33.8 Å². The first kappa shape index (κ1) is 23.7. The number of rotatable bonds is 9. The molecule has 0 saturated carbocycles. The molecule has 2 aromatic heterocycles. The maximum atomic E-state index is 13.5. The van der Waals surface area contributed by atoms with E-state index in [-0.39, 0.29) is 29.0 Å². The van der Waals surface area contributed by atoms with Crippen LogP contribution in [0.3, 0.4) is 0 Å². The van der Waals surface area contributed by atoms with Gasteiger partial charge < -0.3 is 9.42 Å². The van der Waals surface area contributed by atoms with Crippen LogP contribution in [-0.2, 0) is 14.8 Å². The maximum Gasteiger partial charge on any atom is 0.248 e. The predicted molar refractivity (Wildman–Crippen MR) is 123 cm³/mol. The minimum absolute atomic E-state index is 0.0516. The maximum absolute atomic E-state index is 13.5. The molecular weight excluding hydrogens is 434 g/mol. The minimum atomic E-state index is -3.83. The van der Waals surface area contributed by atoms with Gasteiger partial charge in [0.1, 0.15) is 5.69 Å². The van der Waals surface area contributed by atoms with E-state index in [4.69, 9.17) is 4.52 Å². The summed E-state index contributed by atoms with van der Waals surface area (Å²) in [6.07, 6.45) is 6.80. The topological polar surface area (TPSA) is 83.7 Å². The molecular formula is C22H31N3O4S2. The van der Waals surface area contributed by atoms with E-state index in [2.05, 4.69) is 12.1 Å². The number of carbonyl (C=O) groups excluding carboxylic acids is 1. The predicted octanol–water partition coefficient (Wildman–Crippen LogP) is 4.26. The standard InChI is InChI=1S/C22H31N3O4S2/c1-4-6-13-24(5-2)22(26)18-9-7-14-25(16-18)31(27,28)21-17(3)23-29-20(21)12-11-19-10-8-15-30-19/h8,10-12,15,18H,4-7,9,13-14,16H2,1-3H3/b12-11+/t18-/m0/s1. The van der Waals surface area contributed by atoms with Gasteiger partial charge in [0.2, 0.25) is 15.9 Å². The number of nitrogens with zero attached hydrogens (tertiary/aromatic N) is 3. The van der Waals surface area contributed by atoms with Crippen molar-refractivity contribution in [2.45, 2.75) is 51.3 Å². The van der Waals surface area contributed by atoms with E-state index in [9.17, 15) is 13.2 Å². The smallest absolute Gasteiger partial charge is 0.248 e. The number of aromatic nitrogens is 1. The lowest BCUT2D eigenvalue weighted by atomic mass is 9.98. The number of hydrogen-bond acceptors (Lipinski definition) is 6. The molecule has 170 valence electrons. The van der Waals surface area contributed by atoms with E-state index in [1.807, 2.05) is 35.4 Å². The van der Waals surface area contributed by atoms with Gasteiger partial charge in [-0.25, -0.2) is 8.42 Å². The Morgan fingerprint density at radius 2 is 2.19 bits per heavy atom. The molecule has 31 heavy (non-hydrogen) atoms. The van der Waals surface area contributed by atoms with Crippen molar-refractivity contribution in [2.24, 2.45) is 5.92 Å². The van der Waals surface area contributed by atoms with Crippen LogP contribution in [0.4, 0.5) is 0 Å². The Morgan fingerprint density at radius 1 is 1.39 bits per heavy atom. The van der Waals surface area contributed by atoms with Crippen LogP contribution < -0.4 is 0 Å². The largest absolute Gasteiger partial charge is 0.355 e. The molecule has 1 aliphatic rings. The van der Waals surface area contributed by atoms with E-state index in [1.54, 1.807) is 24.3 Å². The van der Waals surface area contributed by atoms with Crippen LogP contribution in [0.5, 0.6) is 0 Å². The highest BCUT2D eigenvalue weighted by Gasteiger charge is 2.37. The third-order valence-electron chi connectivity index (χ3n) is 5.58. The molecule has 9 heteroatoms. The zero-order valence-corrected chi connectivity index (χ0v) is 20.0. The average Bonchev–Trinajstić information content (AvgIpc) is 3.42. The zero-order chi connectivity index (χ0) is 22.4. The highest BCUT2D eigenvalue weighted by Crippen LogP contribution is 2.30. The highest BCUT2D eigenvalue weighted by atomic mass is 32.2. The van der Waals surface area contributed by atoms with Crippen LogP contribution in [0.15, 0.2) is 26.9 Å². The summed E-state index contributed by atoms with van der Waals surface area (Å²) in [5.74, 6) is -0.0428. The van der Waals surface area contributed by atoms with Crippen molar-refractivity contribution in [1.29, 1.82) is 0 Å². The number of amides is 1. The second kappa shape index (κ2) is 10.6. The summed E-state index contributed by atoms with van der Waals surface area (Å²) >= 11 is 1.55. The summed E-state index contributed by atoms with van der Waals surface area (Å²) in [5, 5.41) is 5.86. The van der Waals surface area contributed by atoms with Gasteiger partial charge in [-0.05, 0) is 56.7 Å². The normalized spacial score (nSPS) is 18.0. The van der Waals surface area contributed by atoms with Crippen LogP contribution in [0.2, 0.25) is 0 Å². The Labute approximate surface area is 188 Å². The first-order valence-electron chi connectivity index (χ1n) is 10.8. The molecule has 1 atom stereocenters. The first-order valence-corrected chi connectivity index (χ1v) is 13.2. The van der Waals surface area contributed by atoms with Gasteiger partial charge in [0.25, 0.3) is 0 Å². The molecule has 7 nitrogen and oxygen atoms in total. The summed E-state index contributed by atoms with van der Waals surface area (Å²) in [5.41, 5.74) is 0.331. The zero-order valence-electron chi connectivity index (χ0n) is 18.4. The van der Waals surface area contributed by atoms with E-state index < -0.39 is 10.0 Å². The van der Waals surface area contributed by atoms with Gasteiger partial charge in [0, 0.05) is 31.1 Å². The number of unbranched alkanes of at least 4 members (excludes halogenated alkanes) is 1. The van der Waals surface area contributed by atoms with Gasteiger partial charge in [-0.3, -0.25) is 4.79 Å². The molecule has 3 heterocycles. The molecule has 0 unspecified atom stereocenters. The molecule has 2 aromatic rings. The Balaban J connectivity index is 1.80. The molecule has 0 N–H and O–H groups in total. The van der Waals surface area contributed by atoms with Crippen molar-refractivity contribution in [3.8, 4) is 0 Å². The molecule has 1 amide bonds. The molecule has 0 aromatic carbocycles. The number of aryl methyl sites for hydroxylation is 1. The van der Waals surface area contributed by atoms with Gasteiger partial charge in [0.15, 0.2) is 10.7 Å². The Bertz CT molecular complexity index is 996. The summed E-state index contributed by atoms with van der Waals surface area (Å²) < 4.78 is 33.8. The minimum Gasteiger partial charge on any atom is -0.355 e. The number of sulfonamides is 1.